The molecule has 0 nitrogen and oxygen atoms in total. The zero-order chi connectivity index (χ0) is 12.2. The monoisotopic (exact) mass is 322 g/mol. The van der Waals surface area contributed by atoms with Crippen molar-refractivity contribution in [3.05, 3.63) is 29.8 Å². The Balaban J connectivity index is 1.55. The fourth-order valence-corrected chi connectivity index (χ4v) is 6.20. The molecule has 2 heteroatoms. The van der Waals surface area contributed by atoms with Gasteiger partial charge < -0.3 is 0 Å². The number of fused-ring (bicyclic) bond motifs is 2. The minimum atomic E-state index is 0.621. The molecule has 0 N–H and O–H groups in total. The number of hydrogen-bond donors (Lipinski definition) is 0. The summed E-state index contributed by atoms with van der Waals surface area (Å²) in [7, 11) is 0. The highest BCUT2D eigenvalue weighted by molar-refractivity contribution is 9.09. The lowest BCUT2D eigenvalue weighted by molar-refractivity contribution is 0.268. The first-order valence-electron chi connectivity index (χ1n) is 7.07. The Morgan fingerprint density at radius 3 is 2.78 bits per heavy atom. The zero-order valence-corrected chi connectivity index (χ0v) is 13.0. The van der Waals surface area contributed by atoms with E-state index in [1.165, 1.54) is 41.7 Å². The minimum absolute atomic E-state index is 0.621. The Labute approximate surface area is 122 Å². The summed E-state index contributed by atoms with van der Waals surface area (Å²) in [6.07, 6.45) is 5.93. The van der Waals surface area contributed by atoms with Crippen LogP contribution in [0.1, 0.15) is 37.2 Å². The van der Waals surface area contributed by atoms with Gasteiger partial charge in [0.2, 0.25) is 0 Å². The summed E-state index contributed by atoms with van der Waals surface area (Å²) >= 11 is 5.89. The summed E-state index contributed by atoms with van der Waals surface area (Å²) in [6, 6.07) is 9.05. The molecule has 0 saturated heterocycles. The first-order valence-corrected chi connectivity index (χ1v) is 9.18. The molecule has 4 rings (SSSR count). The van der Waals surface area contributed by atoms with Crippen molar-refractivity contribution in [1.29, 1.82) is 0 Å². The van der Waals surface area contributed by atoms with Gasteiger partial charge in [-0.1, -0.05) is 34.1 Å². The predicted molar refractivity (Wildman–Crippen MR) is 81.6 cm³/mol. The molecule has 2 aliphatic carbocycles. The van der Waals surface area contributed by atoms with Crippen LogP contribution in [0.5, 0.6) is 0 Å². The number of thioether (sulfide) groups is 1. The SMILES string of the molecule is BrCC1(CC2CSc3ccccc32)CC2CC2C1. The minimum Gasteiger partial charge on any atom is -0.125 e. The summed E-state index contributed by atoms with van der Waals surface area (Å²) in [5.74, 6) is 4.30. The summed E-state index contributed by atoms with van der Waals surface area (Å²) in [4.78, 5) is 1.54. The second-order valence-electron chi connectivity index (χ2n) is 6.55. The van der Waals surface area contributed by atoms with Crippen LogP contribution in [0.4, 0.5) is 0 Å². The van der Waals surface area contributed by atoms with Crippen LogP contribution < -0.4 is 0 Å². The van der Waals surface area contributed by atoms with Gasteiger partial charge in [0.25, 0.3) is 0 Å². The molecule has 0 bridgehead atoms. The van der Waals surface area contributed by atoms with E-state index < -0.39 is 0 Å². The van der Waals surface area contributed by atoms with E-state index in [0.717, 1.165) is 17.8 Å². The maximum absolute atomic E-state index is 3.82. The van der Waals surface area contributed by atoms with Gasteiger partial charge in [0.1, 0.15) is 0 Å². The molecule has 18 heavy (non-hydrogen) atoms. The average Bonchev–Trinajstić information content (AvgIpc) is 2.86. The molecule has 1 aromatic rings. The summed E-state index contributed by atoms with van der Waals surface area (Å²) in [5.41, 5.74) is 2.25. The van der Waals surface area contributed by atoms with Crippen LogP contribution in [0.15, 0.2) is 29.2 Å². The van der Waals surface area contributed by atoms with Crippen molar-refractivity contribution in [1.82, 2.24) is 0 Å². The van der Waals surface area contributed by atoms with Gasteiger partial charge >= 0.3 is 0 Å². The zero-order valence-electron chi connectivity index (χ0n) is 10.6. The van der Waals surface area contributed by atoms with Crippen LogP contribution in [0.25, 0.3) is 0 Å². The molecular weight excluding hydrogens is 304 g/mol. The second-order valence-corrected chi connectivity index (χ2v) is 8.17. The molecule has 3 atom stereocenters. The standard InChI is InChI=1S/C16H19BrS/c17-10-16(6-11-5-12(11)7-16)8-13-9-18-15-4-2-1-3-14(13)15/h1-4,11-13H,5-10H2. The molecule has 3 aliphatic rings. The highest BCUT2D eigenvalue weighted by atomic mass is 79.9. The molecule has 1 aliphatic heterocycles. The molecule has 2 fully saturated rings. The van der Waals surface area contributed by atoms with Gasteiger partial charge in [-0.2, -0.15) is 0 Å². The van der Waals surface area contributed by atoms with E-state index >= 15 is 0 Å². The van der Waals surface area contributed by atoms with Crippen molar-refractivity contribution in [3.8, 4) is 0 Å². The van der Waals surface area contributed by atoms with E-state index in [4.69, 9.17) is 0 Å². The molecule has 0 radical (unpaired) electrons. The van der Waals surface area contributed by atoms with E-state index in [0.29, 0.717) is 5.41 Å². The third kappa shape index (κ3) is 1.87. The normalized spacial score (nSPS) is 40.6. The largest absolute Gasteiger partial charge is 0.125 e. The average molecular weight is 323 g/mol. The number of rotatable bonds is 3. The van der Waals surface area contributed by atoms with Crippen molar-refractivity contribution in [3.63, 3.8) is 0 Å². The Kier molecular flexibility index (Phi) is 2.81. The van der Waals surface area contributed by atoms with Crippen molar-refractivity contribution in [2.75, 3.05) is 11.1 Å². The van der Waals surface area contributed by atoms with Gasteiger partial charge in [-0.3, -0.25) is 0 Å². The van der Waals surface area contributed by atoms with Crippen molar-refractivity contribution in [2.45, 2.75) is 36.5 Å². The highest BCUT2D eigenvalue weighted by Gasteiger charge is 2.53. The second kappa shape index (κ2) is 4.28. The van der Waals surface area contributed by atoms with Gasteiger partial charge in [0.15, 0.2) is 0 Å². The van der Waals surface area contributed by atoms with Gasteiger partial charge in [-0.15, -0.1) is 11.8 Å². The molecule has 2 saturated carbocycles. The van der Waals surface area contributed by atoms with Crippen LogP contribution in [0.2, 0.25) is 0 Å². The molecule has 0 aromatic heterocycles. The van der Waals surface area contributed by atoms with Crippen LogP contribution in [-0.2, 0) is 0 Å². The highest BCUT2D eigenvalue weighted by Crippen LogP contribution is 2.63. The number of halogens is 1. The number of hydrogen-bond acceptors (Lipinski definition) is 1. The maximum atomic E-state index is 3.82. The lowest BCUT2D eigenvalue weighted by Crippen LogP contribution is -2.24. The first kappa shape index (κ1) is 11.8. The van der Waals surface area contributed by atoms with E-state index in [9.17, 15) is 0 Å². The third-order valence-corrected chi connectivity index (χ3v) is 7.66. The van der Waals surface area contributed by atoms with Crippen LogP contribution >= 0.6 is 27.7 Å². The van der Waals surface area contributed by atoms with Gasteiger partial charge in [0.05, 0.1) is 0 Å². The molecule has 3 unspecified atom stereocenters. The number of alkyl halides is 1. The number of benzene rings is 1. The molecular formula is C16H19BrS. The summed E-state index contributed by atoms with van der Waals surface area (Å²) < 4.78 is 0. The van der Waals surface area contributed by atoms with Crippen molar-refractivity contribution >= 4 is 27.7 Å². The summed E-state index contributed by atoms with van der Waals surface area (Å²) in [6.45, 7) is 0. The predicted octanol–water partition coefficient (Wildman–Crippen LogP) is 5.08. The molecule has 1 heterocycles. The van der Waals surface area contributed by atoms with Crippen LogP contribution in [0.3, 0.4) is 0 Å². The Morgan fingerprint density at radius 1 is 1.22 bits per heavy atom. The van der Waals surface area contributed by atoms with Gasteiger partial charge in [0, 0.05) is 16.0 Å². The van der Waals surface area contributed by atoms with Crippen LogP contribution in [0, 0.1) is 17.3 Å². The third-order valence-electron chi connectivity index (χ3n) is 5.22. The Morgan fingerprint density at radius 2 is 2.00 bits per heavy atom. The fourth-order valence-electron chi connectivity index (χ4n) is 4.26. The summed E-state index contributed by atoms with van der Waals surface area (Å²) in [5, 5.41) is 1.22. The van der Waals surface area contributed by atoms with E-state index in [1.807, 2.05) is 0 Å². The lowest BCUT2D eigenvalue weighted by atomic mass is 9.76. The lowest BCUT2D eigenvalue weighted by Gasteiger charge is -2.31. The quantitative estimate of drug-likeness (QED) is 0.699. The Bertz CT molecular complexity index is 460. The molecule has 96 valence electrons. The Hall–Kier alpha value is 0.0500. The smallest absolute Gasteiger partial charge is 0.0107 e. The molecule has 1 aromatic carbocycles. The molecule has 0 amide bonds. The van der Waals surface area contributed by atoms with E-state index in [1.54, 1.807) is 5.56 Å². The molecule has 0 spiro atoms. The first-order chi connectivity index (χ1) is 8.80. The topological polar surface area (TPSA) is 0 Å². The fraction of sp³-hybridized carbons (Fsp3) is 0.625. The van der Waals surface area contributed by atoms with Crippen molar-refractivity contribution in [2.24, 2.45) is 17.3 Å². The van der Waals surface area contributed by atoms with E-state index in [2.05, 4.69) is 52.0 Å². The van der Waals surface area contributed by atoms with Crippen molar-refractivity contribution < 1.29 is 0 Å². The van der Waals surface area contributed by atoms with E-state index in [-0.39, 0.29) is 0 Å². The van der Waals surface area contributed by atoms with Gasteiger partial charge in [-0.05, 0) is 60.5 Å². The van der Waals surface area contributed by atoms with Gasteiger partial charge in [-0.25, -0.2) is 0 Å². The maximum Gasteiger partial charge on any atom is 0.0107 e. The van der Waals surface area contributed by atoms with Crippen LogP contribution in [-0.4, -0.2) is 11.1 Å².